The van der Waals surface area contributed by atoms with Gasteiger partial charge in [-0.1, -0.05) is 36.1 Å². The molecule has 6 nitrogen and oxygen atoms in total. The minimum absolute atomic E-state index is 0.187. The van der Waals surface area contributed by atoms with Crippen molar-refractivity contribution in [3.05, 3.63) is 52.9 Å². The normalized spacial score (nSPS) is 14.6. The zero-order chi connectivity index (χ0) is 20.6. The van der Waals surface area contributed by atoms with Gasteiger partial charge in [-0.2, -0.15) is 0 Å². The number of ether oxygens (including phenoxy) is 4. The second-order valence-electron chi connectivity index (χ2n) is 5.87. The predicted molar refractivity (Wildman–Crippen MR) is 118 cm³/mol. The highest BCUT2D eigenvalue weighted by atomic mass is 32.2. The quantitative estimate of drug-likeness (QED) is 0.365. The largest absolute Gasteiger partial charge is 0.497 e. The molecule has 0 spiro atoms. The standard InChI is InChI=1S/C21H21NO5S2/c1-3-25-18-11-14(12-19-20(23)22-21(28)29-19)7-8-17(18)27-10-9-26-16-6-4-5-15(13-16)24-2/h4-8,11-13H,3,9-10H2,1-2H3,(H,22,23,28). The molecule has 0 saturated carbocycles. The molecule has 0 aliphatic carbocycles. The van der Waals surface area contributed by atoms with Crippen LogP contribution in [0.4, 0.5) is 0 Å². The van der Waals surface area contributed by atoms with Gasteiger partial charge < -0.3 is 24.3 Å². The molecule has 152 valence electrons. The average Bonchev–Trinajstić information content (AvgIpc) is 3.03. The maximum atomic E-state index is 11.8. The zero-order valence-electron chi connectivity index (χ0n) is 16.1. The van der Waals surface area contributed by atoms with Crippen molar-refractivity contribution in [1.82, 2.24) is 5.32 Å². The molecule has 29 heavy (non-hydrogen) atoms. The monoisotopic (exact) mass is 431 g/mol. The van der Waals surface area contributed by atoms with Crippen LogP contribution in [0.2, 0.25) is 0 Å². The molecule has 1 heterocycles. The molecule has 2 aromatic carbocycles. The molecular formula is C21H21NO5S2. The van der Waals surface area contributed by atoms with Gasteiger partial charge in [-0.3, -0.25) is 4.79 Å². The number of methoxy groups -OCH3 is 1. The molecule has 1 amide bonds. The Labute approximate surface area is 179 Å². The van der Waals surface area contributed by atoms with E-state index < -0.39 is 0 Å². The van der Waals surface area contributed by atoms with Crippen LogP contribution in [0.15, 0.2) is 47.4 Å². The van der Waals surface area contributed by atoms with Gasteiger partial charge in [-0.25, -0.2) is 0 Å². The lowest BCUT2D eigenvalue weighted by Crippen LogP contribution is -2.17. The Morgan fingerprint density at radius 1 is 1.03 bits per heavy atom. The highest BCUT2D eigenvalue weighted by molar-refractivity contribution is 8.26. The third kappa shape index (κ3) is 5.88. The van der Waals surface area contributed by atoms with E-state index in [1.54, 1.807) is 13.2 Å². The van der Waals surface area contributed by atoms with Gasteiger partial charge in [0.25, 0.3) is 5.91 Å². The molecule has 1 fully saturated rings. The number of hydrogen-bond donors (Lipinski definition) is 1. The van der Waals surface area contributed by atoms with E-state index in [0.29, 0.717) is 46.3 Å². The van der Waals surface area contributed by atoms with E-state index in [0.717, 1.165) is 11.3 Å². The first-order valence-electron chi connectivity index (χ1n) is 9.00. The van der Waals surface area contributed by atoms with E-state index in [1.807, 2.05) is 49.4 Å². The number of amides is 1. The SMILES string of the molecule is CCOc1cc(C=C2SC(=S)NC2=O)ccc1OCCOc1cccc(OC)c1. The van der Waals surface area contributed by atoms with Gasteiger partial charge in [0.1, 0.15) is 29.0 Å². The van der Waals surface area contributed by atoms with Crippen LogP contribution >= 0.6 is 24.0 Å². The van der Waals surface area contributed by atoms with E-state index in [1.165, 1.54) is 11.8 Å². The molecule has 3 rings (SSSR count). The van der Waals surface area contributed by atoms with Crippen LogP contribution in [0.25, 0.3) is 6.08 Å². The summed E-state index contributed by atoms with van der Waals surface area (Å²) in [4.78, 5) is 12.4. The lowest BCUT2D eigenvalue weighted by atomic mass is 10.2. The number of hydrogen-bond acceptors (Lipinski definition) is 7. The van der Waals surface area contributed by atoms with Gasteiger partial charge in [-0.05, 0) is 42.8 Å². The van der Waals surface area contributed by atoms with Gasteiger partial charge in [0.2, 0.25) is 0 Å². The Morgan fingerprint density at radius 3 is 2.55 bits per heavy atom. The number of rotatable bonds is 9. The molecule has 0 radical (unpaired) electrons. The predicted octanol–water partition coefficient (Wildman–Crippen LogP) is 4.04. The number of thioether (sulfide) groups is 1. The highest BCUT2D eigenvalue weighted by Crippen LogP contribution is 2.32. The Kier molecular flexibility index (Phi) is 7.37. The second-order valence-corrected chi connectivity index (χ2v) is 7.59. The van der Waals surface area contributed by atoms with Crippen molar-refractivity contribution < 1.29 is 23.7 Å². The summed E-state index contributed by atoms with van der Waals surface area (Å²) in [6.07, 6.45) is 1.78. The summed E-state index contributed by atoms with van der Waals surface area (Å²) in [6, 6.07) is 12.9. The Balaban J connectivity index is 1.62. The van der Waals surface area contributed by atoms with Crippen LogP contribution in [0.3, 0.4) is 0 Å². The first kappa shape index (κ1) is 21.0. The van der Waals surface area contributed by atoms with Crippen LogP contribution in [-0.4, -0.2) is 37.2 Å². The van der Waals surface area contributed by atoms with E-state index in [2.05, 4.69) is 5.32 Å². The van der Waals surface area contributed by atoms with Crippen LogP contribution in [0, 0.1) is 0 Å². The lowest BCUT2D eigenvalue weighted by molar-refractivity contribution is -0.115. The molecule has 8 heteroatoms. The van der Waals surface area contributed by atoms with Crippen molar-refractivity contribution in [2.75, 3.05) is 26.9 Å². The summed E-state index contributed by atoms with van der Waals surface area (Å²) in [5.74, 6) is 2.48. The first-order chi connectivity index (χ1) is 14.1. The number of carbonyl (C=O) groups is 1. The van der Waals surface area contributed by atoms with E-state index >= 15 is 0 Å². The molecule has 0 aromatic heterocycles. The molecule has 1 aliphatic heterocycles. The van der Waals surface area contributed by atoms with E-state index in [4.69, 9.17) is 31.2 Å². The Morgan fingerprint density at radius 2 is 1.83 bits per heavy atom. The van der Waals surface area contributed by atoms with Gasteiger partial charge in [0, 0.05) is 6.07 Å². The van der Waals surface area contributed by atoms with Crippen LogP contribution in [-0.2, 0) is 4.79 Å². The summed E-state index contributed by atoms with van der Waals surface area (Å²) < 4.78 is 22.8. The third-order valence-corrected chi connectivity index (χ3v) is 5.02. The van der Waals surface area contributed by atoms with Crippen LogP contribution in [0.5, 0.6) is 23.0 Å². The van der Waals surface area contributed by atoms with Gasteiger partial charge in [-0.15, -0.1) is 0 Å². The fraction of sp³-hybridized carbons (Fsp3) is 0.238. The van der Waals surface area contributed by atoms with Crippen molar-refractivity contribution >= 4 is 40.3 Å². The molecule has 1 aliphatic rings. The van der Waals surface area contributed by atoms with Crippen LogP contribution < -0.4 is 24.3 Å². The van der Waals surface area contributed by atoms with Crippen molar-refractivity contribution in [3.63, 3.8) is 0 Å². The van der Waals surface area contributed by atoms with Gasteiger partial charge in [0.05, 0.1) is 18.6 Å². The zero-order valence-corrected chi connectivity index (χ0v) is 17.7. The van der Waals surface area contributed by atoms with Crippen molar-refractivity contribution in [1.29, 1.82) is 0 Å². The summed E-state index contributed by atoms with van der Waals surface area (Å²) in [5.41, 5.74) is 0.829. The molecule has 0 bridgehead atoms. The summed E-state index contributed by atoms with van der Waals surface area (Å²) in [5, 5.41) is 2.60. The second kappa shape index (κ2) is 10.2. The summed E-state index contributed by atoms with van der Waals surface area (Å²) in [6.45, 7) is 3.12. The number of thiocarbonyl (C=S) groups is 1. The third-order valence-electron chi connectivity index (χ3n) is 3.86. The number of benzene rings is 2. The Bertz CT molecular complexity index is 929. The van der Waals surface area contributed by atoms with Gasteiger partial charge >= 0.3 is 0 Å². The van der Waals surface area contributed by atoms with Gasteiger partial charge in [0.15, 0.2) is 11.5 Å². The summed E-state index contributed by atoms with van der Waals surface area (Å²) >= 11 is 6.26. The Hall–Kier alpha value is -2.71. The molecule has 1 N–H and O–H groups in total. The van der Waals surface area contributed by atoms with Crippen molar-refractivity contribution in [3.8, 4) is 23.0 Å². The highest BCUT2D eigenvalue weighted by Gasteiger charge is 2.22. The van der Waals surface area contributed by atoms with Crippen molar-refractivity contribution in [2.24, 2.45) is 0 Å². The molecule has 2 aromatic rings. The van der Waals surface area contributed by atoms with E-state index in [9.17, 15) is 4.79 Å². The first-order valence-corrected chi connectivity index (χ1v) is 10.2. The topological polar surface area (TPSA) is 66.0 Å². The molecular weight excluding hydrogens is 410 g/mol. The maximum Gasteiger partial charge on any atom is 0.263 e. The molecule has 1 saturated heterocycles. The summed E-state index contributed by atoms with van der Waals surface area (Å²) in [7, 11) is 1.61. The maximum absolute atomic E-state index is 11.8. The average molecular weight is 432 g/mol. The number of nitrogens with one attached hydrogen (secondary N) is 1. The molecule has 0 atom stereocenters. The van der Waals surface area contributed by atoms with Crippen molar-refractivity contribution in [2.45, 2.75) is 6.92 Å². The lowest BCUT2D eigenvalue weighted by Gasteiger charge is -2.13. The minimum Gasteiger partial charge on any atom is -0.497 e. The fourth-order valence-corrected chi connectivity index (χ4v) is 3.62. The fourth-order valence-electron chi connectivity index (χ4n) is 2.58. The van der Waals surface area contributed by atoms with E-state index in [-0.39, 0.29) is 5.91 Å². The number of carbonyl (C=O) groups excluding carboxylic acids is 1. The van der Waals surface area contributed by atoms with Crippen LogP contribution in [0.1, 0.15) is 12.5 Å². The smallest absolute Gasteiger partial charge is 0.263 e. The minimum atomic E-state index is -0.187. The molecule has 0 unspecified atom stereocenters.